The summed E-state index contributed by atoms with van der Waals surface area (Å²) >= 11 is 0. The lowest BCUT2D eigenvalue weighted by Crippen LogP contribution is -2.47. The number of hydrogen-bond acceptors (Lipinski definition) is 3. The average molecular weight is 326 g/mol. The van der Waals surface area contributed by atoms with Gasteiger partial charge in [-0.25, -0.2) is 22.5 Å². The van der Waals surface area contributed by atoms with E-state index >= 15 is 0 Å². The lowest BCUT2D eigenvalue weighted by Gasteiger charge is -2.33. The Labute approximate surface area is 119 Å². The molecule has 118 valence electrons. The van der Waals surface area contributed by atoms with E-state index in [-0.39, 0.29) is 12.8 Å². The predicted octanol–water partition coefficient (Wildman–Crippen LogP) is 2.62. The Morgan fingerprint density at radius 2 is 1.90 bits per heavy atom. The number of nitrogens with zero attached hydrogens (tertiary/aromatic N) is 1. The highest BCUT2D eigenvalue weighted by molar-refractivity contribution is 7.89. The highest BCUT2D eigenvalue weighted by atomic mass is 32.2. The molecule has 0 bridgehead atoms. The zero-order valence-electron chi connectivity index (χ0n) is 10.9. The Morgan fingerprint density at radius 1 is 1.24 bits per heavy atom. The van der Waals surface area contributed by atoms with Gasteiger partial charge in [-0.05, 0) is 25.0 Å². The number of sulfonamides is 1. The summed E-state index contributed by atoms with van der Waals surface area (Å²) in [6, 6.07) is 0.808. The fraction of sp³-hybridized carbons (Fsp3) is 0.583. The van der Waals surface area contributed by atoms with Crippen LogP contribution in [-0.2, 0) is 10.0 Å². The molecule has 2 atom stereocenters. The van der Waals surface area contributed by atoms with Gasteiger partial charge in [0.1, 0.15) is 0 Å². The molecule has 4 nitrogen and oxygen atoms in total. The van der Waals surface area contributed by atoms with Gasteiger partial charge < -0.3 is 0 Å². The van der Waals surface area contributed by atoms with E-state index in [4.69, 9.17) is 0 Å². The van der Waals surface area contributed by atoms with E-state index in [1.54, 1.807) is 0 Å². The van der Waals surface area contributed by atoms with E-state index in [0.29, 0.717) is 12.8 Å². The van der Waals surface area contributed by atoms with Gasteiger partial charge in [-0.1, -0.05) is 12.8 Å². The minimum atomic E-state index is -4.49. The molecular formula is C12H14F4N2O2S. The van der Waals surface area contributed by atoms with Crippen molar-refractivity contribution in [3.05, 3.63) is 24.1 Å². The van der Waals surface area contributed by atoms with Crippen molar-refractivity contribution in [3.8, 4) is 0 Å². The fourth-order valence-corrected chi connectivity index (χ4v) is 3.80. The Hall–Kier alpha value is -1.22. The molecule has 1 N–H and O–H groups in total. The molecule has 1 aliphatic carbocycles. The van der Waals surface area contributed by atoms with Crippen LogP contribution in [-0.4, -0.2) is 25.6 Å². The van der Waals surface area contributed by atoms with Gasteiger partial charge in [0, 0.05) is 12.2 Å². The maximum Gasteiger partial charge on any atom is 0.393 e. The van der Waals surface area contributed by atoms with Crippen molar-refractivity contribution >= 4 is 10.0 Å². The second-order valence-electron chi connectivity index (χ2n) is 4.95. The van der Waals surface area contributed by atoms with Gasteiger partial charge in [0.25, 0.3) is 10.0 Å². The summed E-state index contributed by atoms with van der Waals surface area (Å²) in [6.45, 7) is 0. The second-order valence-corrected chi connectivity index (χ2v) is 6.58. The molecule has 1 aromatic rings. The highest BCUT2D eigenvalue weighted by Gasteiger charge is 2.46. The van der Waals surface area contributed by atoms with Crippen molar-refractivity contribution in [1.29, 1.82) is 0 Å². The molecule has 1 aliphatic rings. The van der Waals surface area contributed by atoms with Crippen molar-refractivity contribution < 1.29 is 26.0 Å². The summed E-state index contributed by atoms with van der Waals surface area (Å²) in [5.41, 5.74) is 0. The van der Waals surface area contributed by atoms with Crippen LogP contribution < -0.4 is 4.72 Å². The number of nitrogens with one attached hydrogen (secondary N) is 1. The largest absolute Gasteiger partial charge is 0.393 e. The first-order valence-electron chi connectivity index (χ1n) is 6.41. The van der Waals surface area contributed by atoms with Crippen LogP contribution in [0.1, 0.15) is 25.7 Å². The van der Waals surface area contributed by atoms with Crippen LogP contribution in [0.15, 0.2) is 23.4 Å². The Kier molecular flexibility index (Phi) is 4.52. The number of hydrogen-bond donors (Lipinski definition) is 1. The fourth-order valence-electron chi connectivity index (χ4n) is 2.49. The molecule has 0 radical (unpaired) electrons. The van der Waals surface area contributed by atoms with Crippen molar-refractivity contribution in [2.45, 2.75) is 42.9 Å². The zero-order valence-corrected chi connectivity index (χ0v) is 11.7. The van der Waals surface area contributed by atoms with Crippen molar-refractivity contribution in [2.75, 3.05) is 0 Å². The predicted molar refractivity (Wildman–Crippen MR) is 66.3 cm³/mol. The smallest absolute Gasteiger partial charge is 0.241 e. The Balaban J connectivity index is 2.25. The quantitative estimate of drug-likeness (QED) is 0.869. The van der Waals surface area contributed by atoms with Crippen LogP contribution in [0.2, 0.25) is 0 Å². The van der Waals surface area contributed by atoms with Crippen LogP contribution in [0.25, 0.3) is 0 Å². The topological polar surface area (TPSA) is 59.1 Å². The van der Waals surface area contributed by atoms with Gasteiger partial charge in [0.05, 0.1) is 5.92 Å². The van der Waals surface area contributed by atoms with E-state index in [9.17, 15) is 26.0 Å². The SMILES string of the molecule is O=S(=O)(NC1CCCCC1C(F)(F)F)c1ncccc1F. The third kappa shape index (κ3) is 3.70. The van der Waals surface area contributed by atoms with E-state index < -0.39 is 39.0 Å². The molecule has 0 aliphatic heterocycles. The monoisotopic (exact) mass is 326 g/mol. The molecule has 9 heteroatoms. The highest BCUT2D eigenvalue weighted by Crippen LogP contribution is 2.38. The summed E-state index contributed by atoms with van der Waals surface area (Å²) in [7, 11) is -4.42. The lowest BCUT2D eigenvalue weighted by atomic mass is 9.85. The van der Waals surface area contributed by atoms with E-state index in [1.807, 2.05) is 4.72 Å². The number of alkyl halides is 3. The van der Waals surface area contributed by atoms with E-state index in [2.05, 4.69) is 4.98 Å². The van der Waals surface area contributed by atoms with Gasteiger partial charge in [0.15, 0.2) is 5.82 Å². The lowest BCUT2D eigenvalue weighted by molar-refractivity contribution is -0.187. The second kappa shape index (κ2) is 5.88. The first-order chi connectivity index (χ1) is 9.72. The molecule has 0 spiro atoms. The van der Waals surface area contributed by atoms with Gasteiger partial charge in [-0.2, -0.15) is 13.2 Å². The standard InChI is InChI=1S/C12H14F4N2O2S/c13-9-5-3-7-17-11(9)21(19,20)18-10-6-2-1-4-8(10)12(14,15)16/h3,5,7-8,10,18H,1-2,4,6H2. The Bertz CT molecular complexity index is 604. The van der Waals surface area contributed by atoms with Crippen molar-refractivity contribution in [1.82, 2.24) is 9.71 Å². The third-order valence-electron chi connectivity index (χ3n) is 3.47. The third-order valence-corrected chi connectivity index (χ3v) is 4.89. The van der Waals surface area contributed by atoms with Gasteiger partial charge in [-0.15, -0.1) is 0 Å². The normalized spacial score (nSPS) is 24.0. The van der Waals surface area contributed by atoms with Crippen LogP contribution in [0.3, 0.4) is 0 Å². The molecular weight excluding hydrogens is 312 g/mol. The minimum absolute atomic E-state index is 0.0673. The maximum absolute atomic E-state index is 13.5. The molecule has 1 aromatic heterocycles. The summed E-state index contributed by atoms with van der Waals surface area (Å²) in [5, 5.41) is -0.878. The summed E-state index contributed by atoms with van der Waals surface area (Å²) < 4.78 is 78.2. The van der Waals surface area contributed by atoms with Gasteiger partial charge in [0.2, 0.25) is 5.03 Å². The molecule has 2 rings (SSSR count). The maximum atomic E-state index is 13.5. The number of rotatable bonds is 3. The molecule has 1 saturated carbocycles. The van der Waals surface area contributed by atoms with Crippen LogP contribution in [0.5, 0.6) is 0 Å². The molecule has 0 saturated heterocycles. The summed E-state index contributed by atoms with van der Waals surface area (Å²) in [5.74, 6) is -2.85. The van der Waals surface area contributed by atoms with E-state index in [1.165, 1.54) is 6.07 Å². The Morgan fingerprint density at radius 3 is 2.52 bits per heavy atom. The molecule has 21 heavy (non-hydrogen) atoms. The average Bonchev–Trinajstić information content (AvgIpc) is 2.38. The van der Waals surface area contributed by atoms with Gasteiger partial charge >= 0.3 is 6.18 Å². The molecule has 0 aromatic carbocycles. The zero-order chi connectivity index (χ0) is 15.7. The summed E-state index contributed by atoms with van der Waals surface area (Å²) in [6.07, 6.45) is -2.61. The van der Waals surface area contributed by atoms with Crippen molar-refractivity contribution in [3.63, 3.8) is 0 Å². The van der Waals surface area contributed by atoms with Crippen LogP contribution in [0.4, 0.5) is 17.6 Å². The summed E-state index contributed by atoms with van der Waals surface area (Å²) in [4.78, 5) is 3.40. The first-order valence-corrected chi connectivity index (χ1v) is 7.90. The minimum Gasteiger partial charge on any atom is -0.241 e. The molecule has 2 unspecified atom stereocenters. The van der Waals surface area contributed by atoms with E-state index in [0.717, 1.165) is 12.3 Å². The molecule has 1 fully saturated rings. The molecule has 1 heterocycles. The van der Waals surface area contributed by atoms with Crippen molar-refractivity contribution in [2.24, 2.45) is 5.92 Å². The van der Waals surface area contributed by atoms with Crippen LogP contribution in [0, 0.1) is 11.7 Å². The first kappa shape index (κ1) is 16.2. The van der Waals surface area contributed by atoms with Crippen LogP contribution >= 0.6 is 0 Å². The number of halogens is 4. The number of aromatic nitrogens is 1. The van der Waals surface area contributed by atoms with Gasteiger partial charge in [-0.3, -0.25) is 0 Å². The molecule has 0 amide bonds. The number of pyridine rings is 1.